The Morgan fingerprint density at radius 1 is 0.407 bits per heavy atom. The van der Waals surface area contributed by atoms with E-state index in [0.717, 1.165) is 89.0 Å². The molecule has 54 heavy (non-hydrogen) atoms. The molecule has 0 atom stereocenters. The van der Waals surface area contributed by atoms with Gasteiger partial charge in [-0.05, 0) is 82.9 Å². The van der Waals surface area contributed by atoms with E-state index in [1.165, 1.54) is 10.9 Å². The van der Waals surface area contributed by atoms with Gasteiger partial charge in [-0.25, -0.2) is 0 Å². The van der Waals surface area contributed by atoms with Crippen LogP contribution in [0.1, 0.15) is 0 Å². The van der Waals surface area contributed by atoms with Crippen molar-refractivity contribution >= 4 is 72.0 Å². The van der Waals surface area contributed by atoms with Crippen LogP contribution in [-0.4, -0.2) is 4.57 Å². The van der Waals surface area contributed by atoms with Crippen LogP contribution in [0.2, 0.25) is 0 Å². The van der Waals surface area contributed by atoms with Gasteiger partial charge in [0.25, 0.3) is 0 Å². The highest BCUT2D eigenvalue weighted by Gasteiger charge is 2.23. The van der Waals surface area contributed by atoms with E-state index in [-0.39, 0.29) is 0 Å². The number of aromatic nitrogens is 1. The highest BCUT2D eigenvalue weighted by atomic mass is 16.3. The van der Waals surface area contributed by atoms with Gasteiger partial charge in [0.2, 0.25) is 5.71 Å². The molecule has 0 spiro atoms. The lowest BCUT2D eigenvalue weighted by atomic mass is 9.98. The summed E-state index contributed by atoms with van der Waals surface area (Å²) in [5, 5.41) is 5.61. The number of hydrogen-bond donors (Lipinski definition) is 0. The van der Waals surface area contributed by atoms with Gasteiger partial charge in [-0.2, -0.15) is 0 Å². The van der Waals surface area contributed by atoms with Crippen LogP contribution in [0.4, 0.5) is 17.1 Å². The van der Waals surface area contributed by atoms with E-state index in [1.54, 1.807) is 0 Å². The molecule has 0 amide bonds. The van der Waals surface area contributed by atoms with Gasteiger partial charge in [-0.3, -0.25) is 4.57 Å². The summed E-state index contributed by atoms with van der Waals surface area (Å²) in [6.07, 6.45) is 0. The number of rotatable bonds is 6. The number of nitrogens with zero attached hydrogens (tertiary/aromatic N) is 2. The smallest absolute Gasteiger partial charge is 0.213 e. The van der Waals surface area contributed by atoms with Crippen LogP contribution >= 0.6 is 0 Å². The molecule has 254 valence electrons. The summed E-state index contributed by atoms with van der Waals surface area (Å²) in [6, 6.07) is 68.3. The molecule has 3 aromatic heterocycles. The molecule has 0 saturated carbocycles. The van der Waals surface area contributed by atoms with Crippen LogP contribution in [0.3, 0.4) is 0 Å². The lowest BCUT2D eigenvalue weighted by Crippen LogP contribution is -2.10. The fourth-order valence-corrected chi connectivity index (χ4v) is 8.19. The summed E-state index contributed by atoms with van der Waals surface area (Å²) in [6.45, 7) is 0. The average molecular weight is 693 g/mol. The highest BCUT2D eigenvalue weighted by Crippen LogP contribution is 2.46. The summed E-state index contributed by atoms with van der Waals surface area (Å²) in [4.78, 5) is 2.31. The maximum atomic E-state index is 6.62. The minimum atomic E-state index is 0.852. The minimum absolute atomic E-state index is 0.852. The van der Waals surface area contributed by atoms with Crippen molar-refractivity contribution in [3.63, 3.8) is 0 Å². The van der Waals surface area contributed by atoms with Gasteiger partial charge in [0.15, 0.2) is 5.58 Å². The molecule has 0 radical (unpaired) electrons. The number of furan rings is 2. The third-order valence-electron chi connectivity index (χ3n) is 10.6. The van der Waals surface area contributed by atoms with Crippen molar-refractivity contribution in [3.8, 4) is 27.9 Å². The maximum absolute atomic E-state index is 6.62. The topological polar surface area (TPSA) is 34.5 Å². The van der Waals surface area contributed by atoms with Crippen molar-refractivity contribution in [1.29, 1.82) is 0 Å². The van der Waals surface area contributed by atoms with E-state index in [4.69, 9.17) is 8.83 Å². The fraction of sp³-hybridized carbons (Fsp3) is 0. The third kappa shape index (κ3) is 4.70. The van der Waals surface area contributed by atoms with Crippen molar-refractivity contribution in [2.24, 2.45) is 0 Å². The van der Waals surface area contributed by atoms with Crippen LogP contribution in [0.15, 0.2) is 203 Å². The lowest BCUT2D eigenvalue weighted by Gasteiger charge is -2.26. The molecule has 0 N–H and O–H groups in total. The molecule has 0 aliphatic heterocycles. The second-order valence-corrected chi connectivity index (χ2v) is 13.7. The van der Waals surface area contributed by atoms with Crippen molar-refractivity contribution < 1.29 is 8.83 Å². The Labute approximate surface area is 311 Å². The number of benzene rings is 8. The molecule has 4 heteroatoms. The maximum Gasteiger partial charge on any atom is 0.213 e. The zero-order chi connectivity index (χ0) is 35.6. The summed E-state index contributed by atoms with van der Waals surface area (Å²) in [5.41, 5.74) is 13.3. The molecule has 3 heterocycles. The number of anilines is 3. The van der Waals surface area contributed by atoms with Gasteiger partial charge in [0.05, 0.1) is 16.6 Å². The summed E-state index contributed by atoms with van der Waals surface area (Å²) >= 11 is 0. The minimum Gasteiger partial charge on any atom is -0.454 e. The zero-order valence-corrected chi connectivity index (χ0v) is 29.2. The van der Waals surface area contributed by atoms with E-state index >= 15 is 0 Å². The van der Waals surface area contributed by atoms with Gasteiger partial charge in [-0.15, -0.1) is 0 Å². The third-order valence-corrected chi connectivity index (χ3v) is 10.6. The molecule has 0 saturated heterocycles. The van der Waals surface area contributed by atoms with Gasteiger partial charge < -0.3 is 13.7 Å². The monoisotopic (exact) mass is 692 g/mol. The summed E-state index contributed by atoms with van der Waals surface area (Å²) in [5.74, 6) is 0. The second kappa shape index (κ2) is 12.1. The molecule has 0 aliphatic rings. The van der Waals surface area contributed by atoms with E-state index in [2.05, 4.69) is 179 Å². The van der Waals surface area contributed by atoms with E-state index in [0.29, 0.717) is 0 Å². The normalized spacial score (nSPS) is 11.7. The van der Waals surface area contributed by atoms with E-state index in [9.17, 15) is 0 Å². The van der Waals surface area contributed by atoms with Gasteiger partial charge in [-0.1, -0.05) is 133 Å². The first-order valence-corrected chi connectivity index (χ1v) is 18.3. The van der Waals surface area contributed by atoms with Gasteiger partial charge in [0.1, 0.15) is 11.2 Å². The van der Waals surface area contributed by atoms with Crippen LogP contribution in [0, 0.1) is 0 Å². The standard InChI is InChI=1S/C50H32N2O2/c1-3-14-33(15-4-1)35-16-11-19-38(32-35)51(44-25-13-23-41-40-20-7-9-26-45(40)53-49(41)44)37-30-28-34(29-31-37)39-22-12-24-43-47(39)48-42-21-8-10-27-46(42)54-50(48)52(43)36-17-5-2-6-18-36/h1-32H. The molecular formula is C50H32N2O2. The number of hydrogen-bond acceptors (Lipinski definition) is 3. The van der Waals surface area contributed by atoms with Crippen molar-refractivity contribution in [3.05, 3.63) is 194 Å². The molecule has 11 aromatic rings. The predicted octanol–water partition coefficient (Wildman–Crippen LogP) is 14.2. The van der Waals surface area contributed by atoms with Crippen LogP contribution in [-0.2, 0) is 0 Å². The van der Waals surface area contributed by atoms with Crippen molar-refractivity contribution in [2.75, 3.05) is 4.90 Å². The molecule has 0 unspecified atom stereocenters. The molecule has 8 aromatic carbocycles. The van der Waals surface area contributed by atoms with Crippen LogP contribution in [0.5, 0.6) is 0 Å². The number of fused-ring (bicyclic) bond motifs is 8. The quantitative estimate of drug-likeness (QED) is 0.174. The molecule has 11 rings (SSSR count). The first-order valence-electron chi connectivity index (χ1n) is 18.3. The molecule has 0 aliphatic carbocycles. The highest BCUT2D eigenvalue weighted by molar-refractivity contribution is 6.24. The van der Waals surface area contributed by atoms with Crippen molar-refractivity contribution in [2.45, 2.75) is 0 Å². The number of para-hydroxylation sites is 4. The molecule has 4 nitrogen and oxygen atoms in total. The van der Waals surface area contributed by atoms with Gasteiger partial charge >= 0.3 is 0 Å². The van der Waals surface area contributed by atoms with Crippen molar-refractivity contribution in [1.82, 2.24) is 4.57 Å². The van der Waals surface area contributed by atoms with E-state index in [1.807, 2.05) is 24.3 Å². The van der Waals surface area contributed by atoms with Gasteiger partial charge in [0, 0.05) is 38.6 Å². The SMILES string of the molecule is c1ccc(-c2cccc(N(c3ccc(-c4cccc5c4c4c6ccccc6oc4n5-c4ccccc4)cc3)c3cccc4c3oc3ccccc34)c2)cc1. The Kier molecular flexibility index (Phi) is 6.82. The Hall–Kier alpha value is -7.30. The Balaban J connectivity index is 1.11. The second-order valence-electron chi connectivity index (χ2n) is 13.7. The Morgan fingerprint density at radius 3 is 1.87 bits per heavy atom. The first-order chi connectivity index (χ1) is 26.8. The largest absolute Gasteiger partial charge is 0.454 e. The average Bonchev–Trinajstić information content (AvgIpc) is 3.91. The first kappa shape index (κ1) is 30.3. The predicted molar refractivity (Wildman–Crippen MR) is 223 cm³/mol. The molecular weight excluding hydrogens is 661 g/mol. The summed E-state index contributed by atoms with van der Waals surface area (Å²) < 4.78 is 15.5. The Bertz CT molecular complexity index is 3150. The zero-order valence-electron chi connectivity index (χ0n) is 29.2. The Morgan fingerprint density at radius 2 is 1.06 bits per heavy atom. The van der Waals surface area contributed by atoms with Crippen LogP contribution in [0.25, 0.3) is 82.9 Å². The lowest BCUT2D eigenvalue weighted by molar-refractivity contribution is 0.645. The summed E-state index contributed by atoms with van der Waals surface area (Å²) in [7, 11) is 0. The fourth-order valence-electron chi connectivity index (χ4n) is 8.19. The van der Waals surface area contributed by atoms with E-state index < -0.39 is 0 Å². The molecule has 0 bridgehead atoms. The van der Waals surface area contributed by atoms with Crippen LogP contribution < -0.4 is 4.90 Å². The molecule has 0 fully saturated rings.